The Morgan fingerprint density at radius 2 is 1.95 bits per heavy atom. The highest BCUT2D eigenvalue weighted by Crippen LogP contribution is 2.15. The van der Waals surface area contributed by atoms with E-state index in [0.29, 0.717) is 5.75 Å². The van der Waals surface area contributed by atoms with Gasteiger partial charge in [0.15, 0.2) is 6.10 Å². The molecule has 20 heavy (non-hydrogen) atoms. The minimum atomic E-state index is -0.621. The van der Waals surface area contributed by atoms with E-state index in [-0.39, 0.29) is 12.5 Å². The Balaban J connectivity index is 1.97. The first-order chi connectivity index (χ1) is 9.69. The summed E-state index contributed by atoms with van der Waals surface area (Å²) in [4.78, 5) is 12.0. The number of rotatable bonds is 5. The fourth-order valence-electron chi connectivity index (χ4n) is 1.74. The van der Waals surface area contributed by atoms with E-state index in [9.17, 15) is 4.79 Å². The molecule has 4 nitrogen and oxygen atoms in total. The number of aliphatic hydroxyl groups excluding tert-OH is 1. The van der Waals surface area contributed by atoms with Crippen molar-refractivity contribution in [3.05, 3.63) is 60.2 Å². The van der Waals surface area contributed by atoms with Crippen LogP contribution in [0.15, 0.2) is 54.6 Å². The van der Waals surface area contributed by atoms with Crippen molar-refractivity contribution in [2.24, 2.45) is 0 Å². The van der Waals surface area contributed by atoms with E-state index in [4.69, 9.17) is 9.84 Å². The van der Waals surface area contributed by atoms with Gasteiger partial charge < -0.3 is 15.2 Å². The van der Waals surface area contributed by atoms with Gasteiger partial charge in [0, 0.05) is 5.69 Å². The molecule has 1 atom stereocenters. The maximum absolute atomic E-state index is 12.0. The van der Waals surface area contributed by atoms with Gasteiger partial charge in [-0.1, -0.05) is 30.3 Å². The van der Waals surface area contributed by atoms with Crippen LogP contribution in [0, 0.1) is 0 Å². The number of hydrogen-bond donors (Lipinski definition) is 2. The van der Waals surface area contributed by atoms with Crippen molar-refractivity contribution in [2.75, 3.05) is 5.32 Å². The predicted octanol–water partition coefficient (Wildman–Crippen LogP) is 2.58. The van der Waals surface area contributed by atoms with E-state index >= 15 is 0 Å². The number of amides is 1. The molecule has 4 heteroatoms. The summed E-state index contributed by atoms with van der Waals surface area (Å²) in [6.07, 6.45) is -0.621. The van der Waals surface area contributed by atoms with Crippen LogP contribution in [-0.4, -0.2) is 17.1 Å². The molecule has 0 aliphatic heterocycles. The third-order valence-corrected chi connectivity index (χ3v) is 2.80. The summed E-state index contributed by atoms with van der Waals surface area (Å²) in [6, 6.07) is 16.3. The van der Waals surface area contributed by atoms with Gasteiger partial charge in [-0.15, -0.1) is 0 Å². The molecule has 2 N–H and O–H groups in total. The van der Waals surface area contributed by atoms with Gasteiger partial charge in [0.05, 0.1) is 6.61 Å². The molecule has 0 aromatic heterocycles. The normalized spacial score (nSPS) is 11.7. The minimum absolute atomic E-state index is 0.0538. The average molecular weight is 271 g/mol. The molecule has 104 valence electrons. The second-order valence-corrected chi connectivity index (χ2v) is 4.42. The van der Waals surface area contributed by atoms with E-state index in [0.717, 1.165) is 11.3 Å². The molecule has 0 bridgehead atoms. The number of aliphatic hydroxyl groups is 1. The lowest BCUT2D eigenvalue weighted by Crippen LogP contribution is -2.30. The number of carbonyl (C=O) groups excluding carboxylic acids is 1. The molecule has 0 aliphatic carbocycles. The second kappa shape index (κ2) is 6.73. The van der Waals surface area contributed by atoms with E-state index in [1.165, 1.54) is 0 Å². The smallest absolute Gasteiger partial charge is 0.265 e. The third kappa shape index (κ3) is 3.83. The van der Waals surface area contributed by atoms with Gasteiger partial charge in [0.25, 0.3) is 5.91 Å². The lowest BCUT2D eigenvalue weighted by Gasteiger charge is -2.15. The van der Waals surface area contributed by atoms with Crippen molar-refractivity contribution < 1.29 is 14.6 Å². The van der Waals surface area contributed by atoms with Gasteiger partial charge in [0.2, 0.25) is 0 Å². The van der Waals surface area contributed by atoms with E-state index in [1.54, 1.807) is 31.2 Å². The van der Waals surface area contributed by atoms with Crippen molar-refractivity contribution in [3.8, 4) is 5.75 Å². The van der Waals surface area contributed by atoms with Crippen molar-refractivity contribution in [2.45, 2.75) is 19.6 Å². The average Bonchev–Trinajstić information content (AvgIpc) is 2.48. The summed E-state index contributed by atoms with van der Waals surface area (Å²) >= 11 is 0. The summed E-state index contributed by atoms with van der Waals surface area (Å²) < 4.78 is 5.57. The van der Waals surface area contributed by atoms with Crippen LogP contribution >= 0.6 is 0 Å². The molecule has 2 aromatic carbocycles. The number of ether oxygens (including phenoxy) is 1. The lowest BCUT2D eigenvalue weighted by atomic mass is 10.2. The molecule has 2 rings (SSSR count). The summed E-state index contributed by atoms with van der Waals surface area (Å²) in [5.74, 6) is 0.345. The Kier molecular flexibility index (Phi) is 4.74. The first-order valence-corrected chi connectivity index (χ1v) is 6.41. The standard InChI is InChI=1S/C16H17NO3/c1-12(16(19)17-14-7-3-2-4-8-14)20-15-9-5-6-13(10-15)11-18/h2-10,12,18H,11H2,1H3,(H,17,19). The maximum atomic E-state index is 12.0. The summed E-state index contributed by atoms with van der Waals surface area (Å²) in [7, 11) is 0. The Hall–Kier alpha value is -2.33. The van der Waals surface area contributed by atoms with Crippen molar-refractivity contribution in [1.82, 2.24) is 0 Å². The summed E-state index contributed by atoms with van der Waals surface area (Å²) in [5.41, 5.74) is 1.48. The van der Waals surface area contributed by atoms with Gasteiger partial charge in [-0.3, -0.25) is 4.79 Å². The highest BCUT2D eigenvalue weighted by Gasteiger charge is 2.14. The van der Waals surface area contributed by atoms with Crippen molar-refractivity contribution in [3.63, 3.8) is 0 Å². The Morgan fingerprint density at radius 3 is 2.65 bits per heavy atom. The number of anilines is 1. The molecule has 0 heterocycles. The molecule has 0 fully saturated rings. The number of carbonyl (C=O) groups is 1. The van der Waals surface area contributed by atoms with Crippen LogP contribution in [0.1, 0.15) is 12.5 Å². The third-order valence-electron chi connectivity index (χ3n) is 2.80. The summed E-state index contributed by atoms with van der Waals surface area (Å²) in [6.45, 7) is 1.63. The van der Waals surface area contributed by atoms with E-state index in [1.807, 2.05) is 30.3 Å². The largest absolute Gasteiger partial charge is 0.481 e. The fraction of sp³-hybridized carbons (Fsp3) is 0.188. The van der Waals surface area contributed by atoms with Crippen LogP contribution in [0.2, 0.25) is 0 Å². The van der Waals surface area contributed by atoms with Gasteiger partial charge >= 0.3 is 0 Å². The van der Waals surface area contributed by atoms with Crippen LogP contribution in [0.25, 0.3) is 0 Å². The Bertz CT molecular complexity index is 569. The first kappa shape index (κ1) is 14.1. The molecular formula is C16H17NO3. The Labute approximate surface area is 118 Å². The van der Waals surface area contributed by atoms with Gasteiger partial charge in [-0.25, -0.2) is 0 Å². The number of hydrogen-bond acceptors (Lipinski definition) is 3. The molecule has 0 radical (unpaired) electrons. The summed E-state index contributed by atoms with van der Waals surface area (Å²) in [5, 5.41) is 11.8. The van der Waals surface area contributed by atoms with Crippen LogP contribution in [-0.2, 0) is 11.4 Å². The fourth-order valence-corrected chi connectivity index (χ4v) is 1.74. The van der Waals surface area contributed by atoms with E-state index in [2.05, 4.69) is 5.32 Å². The molecule has 0 saturated carbocycles. The number of nitrogens with one attached hydrogen (secondary N) is 1. The highest BCUT2D eigenvalue weighted by atomic mass is 16.5. The van der Waals surface area contributed by atoms with Crippen LogP contribution in [0.3, 0.4) is 0 Å². The van der Waals surface area contributed by atoms with Gasteiger partial charge in [-0.05, 0) is 36.8 Å². The zero-order valence-corrected chi connectivity index (χ0v) is 11.2. The lowest BCUT2D eigenvalue weighted by molar-refractivity contribution is -0.122. The van der Waals surface area contributed by atoms with Gasteiger partial charge in [0.1, 0.15) is 5.75 Å². The molecule has 0 saturated heterocycles. The molecule has 1 unspecified atom stereocenters. The number of benzene rings is 2. The van der Waals surface area contributed by atoms with Crippen LogP contribution in [0.5, 0.6) is 5.75 Å². The molecule has 0 spiro atoms. The topological polar surface area (TPSA) is 58.6 Å². The molecule has 2 aromatic rings. The molecular weight excluding hydrogens is 254 g/mol. The molecule has 0 aliphatic rings. The maximum Gasteiger partial charge on any atom is 0.265 e. The SMILES string of the molecule is CC(Oc1cccc(CO)c1)C(=O)Nc1ccccc1. The molecule has 1 amide bonds. The van der Waals surface area contributed by atoms with Crippen LogP contribution < -0.4 is 10.1 Å². The van der Waals surface area contributed by atoms with Gasteiger partial charge in [-0.2, -0.15) is 0 Å². The zero-order chi connectivity index (χ0) is 14.4. The second-order valence-electron chi connectivity index (χ2n) is 4.42. The first-order valence-electron chi connectivity index (χ1n) is 6.41. The Morgan fingerprint density at radius 1 is 1.20 bits per heavy atom. The predicted molar refractivity (Wildman–Crippen MR) is 77.5 cm³/mol. The zero-order valence-electron chi connectivity index (χ0n) is 11.2. The monoisotopic (exact) mass is 271 g/mol. The highest BCUT2D eigenvalue weighted by molar-refractivity contribution is 5.94. The van der Waals surface area contributed by atoms with E-state index < -0.39 is 6.10 Å². The quantitative estimate of drug-likeness (QED) is 0.878. The van der Waals surface area contributed by atoms with Crippen LogP contribution in [0.4, 0.5) is 5.69 Å². The number of para-hydroxylation sites is 1. The van der Waals surface area contributed by atoms with Crippen molar-refractivity contribution in [1.29, 1.82) is 0 Å². The minimum Gasteiger partial charge on any atom is -0.481 e. The van der Waals surface area contributed by atoms with Crippen molar-refractivity contribution >= 4 is 11.6 Å².